The summed E-state index contributed by atoms with van der Waals surface area (Å²) in [6.45, 7) is 1.21. The van der Waals surface area contributed by atoms with Crippen LogP contribution < -0.4 is 21.7 Å². The van der Waals surface area contributed by atoms with Gasteiger partial charge in [0.1, 0.15) is 0 Å². The summed E-state index contributed by atoms with van der Waals surface area (Å²) in [5.41, 5.74) is 8.34. The summed E-state index contributed by atoms with van der Waals surface area (Å²) < 4.78 is 2.24. The Balaban J connectivity index is 1.12. The number of piperidine rings is 1. The van der Waals surface area contributed by atoms with Crippen molar-refractivity contribution in [1.29, 1.82) is 0 Å². The molecule has 0 spiro atoms. The molecule has 0 bridgehead atoms. The highest BCUT2D eigenvalue weighted by atomic mass is 35.5. The summed E-state index contributed by atoms with van der Waals surface area (Å²) in [7, 11) is 0. The van der Waals surface area contributed by atoms with Crippen molar-refractivity contribution in [1.82, 2.24) is 24.6 Å². The molecule has 40 heavy (non-hydrogen) atoms. The van der Waals surface area contributed by atoms with Crippen molar-refractivity contribution in [2.45, 2.75) is 88.4 Å². The van der Waals surface area contributed by atoms with Crippen molar-refractivity contribution in [3.8, 4) is 0 Å². The molecule has 1 amide bonds. The summed E-state index contributed by atoms with van der Waals surface area (Å²) in [5.74, 6) is 1.40. The number of halogens is 1. The largest absolute Gasteiger partial charge is 0.430 e. The topological polar surface area (TPSA) is 135 Å². The third kappa shape index (κ3) is 6.26. The third-order valence-electron chi connectivity index (χ3n) is 8.36. The number of hydrogen-bond donors (Lipinski definition) is 4. The summed E-state index contributed by atoms with van der Waals surface area (Å²) in [6, 6.07) is 8.30. The molecule has 6 rings (SSSR count). The highest BCUT2D eigenvalue weighted by Gasteiger charge is 2.27. The van der Waals surface area contributed by atoms with Crippen LogP contribution in [0.3, 0.4) is 0 Å². The lowest BCUT2D eigenvalue weighted by Gasteiger charge is -2.31. The summed E-state index contributed by atoms with van der Waals surface area (Å²) in [4.78, 5) is 32.5. The van der Waals surface area contributed by atoms with Gasteiger partial charge in [-0.25, -0.2) is 9.78 Å². The predicted octanol–water partition coefficient (Wildman–Crippen LogP) is 5.32. The molecule has 0 atom stereocenters. The number of hydroxylamine groups is 2. The Kier molecular flexibility index (Phi) is 8.22. The van der Waals surface area contributed by atoms with Gasteiger partial charge in [0.15, 0.2) is 17.0 Å². The first-order valence-electron chi connectivity index (χ1n) is 14.5. The lowest BCUT2D eigenvalue weighted by Crippen LogP contribution is -2.41. The number of para-hydroxylation sites is 1. The SMILES string of the molecule is N[C@H]1CC[C@H](Nc2nc(NC3CCN(OC(=O)Nc4ccccc4Cl)CC3)c3ncn(C4CCCC4)c3n2)CC1. The van der Waals surface area contributed by atoms with Gasteiger partial charge in [0.05, 0.1) is 17.0 Å². The van der Waals surface area contributed by atoms with Gasteiger partial charge in [-0.05, 0) is 63.5 Å². The first kappa shape index (κ1) is 27.0. The predicted molar refractivity (Wildman–Crippen MR) is 156 cm³/mol. The van der Waals surface area contributed by atoms with Gasteiger partial charge >= 0.3 is 6.09 Å². The lowest BCUT2D eigenvalue weighted by molar-refractivity contribution is -0.106. The van der Waals surface area contributed by atoms with Crippen LogP contribution in [0.15, 0.2) is 30.6 Å². The minimum atomic E-state index is -0.547. The summed E-state index contributed by atoms with van der Waals surface area (Å²) in [6.07, 6.45) is 11.8. The maximum Gasteiger partial charge on any atom is 0.430 e. The number of nitrogens with one attached hydrogen (secondary N) is 3. The Hall–Kier alpha value is -3.15. The molecule has 2 aromatic heterocycles. The van der Waals surface area contributed by atoms with Gasteiger partial charge in [0.25, 0.3) is 0 Å². The van der Waals surface area contributed by atoms with E-state index in [1.807, 2.05) is 18.5 Å². The molecule has 11 nitrogen and oxygen atoms in total. The highest BCUT2D eigenvalue weighted by Crippen LogP contribution is 2.34. The number of nitrogens with zero attached hydrogens (tertiary/aromatic N) is 5. The molecule has 1 saturated heterocycles. The van der Waals surface area contributed by atoms with Gasteiger partial charge in [0, 0.05) is 37.3 Å². The average molecular weight is 568 g/mol. The van der Waals surface area contributed by atoms with Crippen LogP contribution in [0.2, 0.25) is 5.02 Å². The van der Waals surface area contributed by atoms with E-state index in [9.17, 15) is 4.79 Å². The van der Waals surface area contributed by atoms with E-state index in [1.54, 1.807) is 17.2 Å². The lowest BCUT2D eigenvalue weighted by atomic mass is 9.92. The second kappa shape index (κ2) is 12.2. The number of anilines is 3. The second-order valence-electron chi connectivity index (χ2n) is 11.2. The zero-order chi connectivity index (χ0) is 27.5. The monoisotopic (exact) mass is 567 g/mol. The number of imidazole rings is 1. The van der Waals surface area contributed by atoms with Gasteiger partial charge in [-0.3, -0.25) is 5.32 Å². The van der Waals surface area contributed by atoms with Crippen LogP contribution in [0.25, 0.3) is 11.2 Å². The number of fused-ring (bicyclic) bond motifs is 1. The molecule has 12 heteroatoms. The molecule has 2 aliphatic carbocycles. The van der Waals surface area contributed by atoms with Crippen LogP contribution in [0.5, 0.6) is 0 Å². The number of aromatic nitrogens is 4. The maximum atomic E-state index is 12.4. The molecule has 214 valence electrons. The molecular weight excluding hydrogens is 530 g/mol. The Morgan fingerprint density at radius 1 is 0.950 bits per heavy atom. The third-order valence-corrected chi connectivity index (χ3v) is 8.69. The van der Waals surface area contributed by atoms with E-state index >= 15 is 0 Å². The first-order chi connectivity index (χ1) is 19.5. The number of amides is 1. The molecule has 3 aliphatic rings. The average Bonchev–Trinajstić information content (AvgIpc) is 3.63. The Morgan fingerprint density at radius 2 is 1.68 bits per heavy atom. The van der Waals surface area contributed by atoms with Crippen molar-refractivity contribution < 1.29 is 9.63 Å². The van der Waals surface area contributed by atoms with E-state index in [1.165, 1.54) is 12.8 Å². The van der Waals surface area contributed by atoms with Crippen LogP contribution in [-0.2, 0) is 4.84 Å². The van der Waals surface area contributed by atoms with Crippen molar-refractivity contribution in [2.75, 3.05) is 29.0 Å². The molecule has 3 heterocycles. The zero-order valence-electron chi connectivity index (χ0n) is 22.7. The van der Waals surface area contributed by atoms with Gasteiger partial charge in [0.2, 0.25) is 5.95 Å². The van der Waals surface area contributed by atoms with E-state index in [0.717, 1.165) is 68.3 Å². The number of nitrogens with two attached hydrogens (primary N) is 1. The molecule has 2 saturated carbocycles. The van der Waals surface area contributed by atoms with Crippen LogP contribution in [-0.4, -0.2) is 61.9 Å². The number of carbonyl (C=O) groups is 1. The number of rotatable bonds is 7. The molecule has 5 N–H and O–H groups in total. The Bertz CT molecular complexity index is 1310. The van der Waals surface area contributed by atoms with Gasteiger partial charge in [-0.2, -0.15) is 9.97 Å². The van der Waals surface area contributed by atoms with Crippen LogP contribution in [0.1, 0.15) is 70.3 Å². The maximum absolute atomic E-state index is 12.4. The zero-order valence-corrected chi connectivity index (χ0v) is 23.4. The number of hydrogen-bond acceptors (Lipinski definition) is 9. The minimum absolute atomic E-state index is 0.168. The van der Waals surface area contributed by atoms with Crippen LogP contribution in [0.4, 0.5) is 22.2 Å². The second-order valence-corrected chi connectivity index (χ2v) is 11.7. The van der Waals surface area contributed by atoms with Crippen molar-refractivity contribution >= 4 is 46.3 Å². The van der Waals surface area contributed by atoms with E-state index in [4.69, 9.17) is 37.1 Å². The summed E-state index contributed by atoms with van der Waals surface area (Å²) in [5, 5.41) is 12.1. The van der Waals surface area contributed by atoms with Gasteiger partial charge < -0.3 is 25.8 Å². The van der Waals surface area contributed by atoms with Crippen molar-refractivity contribution in [2.24, 2.45) is 5.73 Å². The molecule has 0 unspecified atom stereocenters. The fourth-order valence-electron chi connectivity index (χ4n) is 6.07. The normalized spacial score (nSPS) is 22.9. The van der Waals surface area contributed by atoms with Crippen molar-refractivity contribution in [3.63, 3.8) is 0 Å². The molecule has 1 aromatic carbocycles. The molecule has 0 radical (unpaired) electrons. The highest BCUT2D eigenvalue weighted by molar-refractivity contribution is 6.33. The molecule has 1 aliphatic heterocycles. The van der Waals surface area contributed by atoms with Crippen LogP contribution in [0, 0.1) is 0 Å². The number of carbonyl (C=O) groups excluding carboxylic acids is 1. The van der Waals surface area contributed by atoms with E-state index < -0.39 is 6.09 Å². The molecule has 3 fully saturated rings. The standard InChI is InChI=1S/C28H38ClN9O2/c29-22-7-3-4-8-23(22)34-28(39)40-37-15-13-20(14-16-37)32-25-24-26(38(17-31-24)21-5-1-2-6-21)36-27(35-25)33-19-11-9-18(30)10-12-19/h3-4,7-8,17-21H,1-2,5-6,9-16,30H2,(H,34,39)(H2,32,33,35,36)/t18-,19-. The van der Waals surface area contributed by atoms with Gasteiger partial charge in [-0.15, -0.1) is 5.06 Å². The van der Waals surface area contributed by atoms with Crippen molar-refractivity contribution in [3.05, 3.63) is 35.6 Å². The fourth-order valence-corrected chi connectivity index (χ4v) is 6.26. The van der Waals surface area contributed by atoms with Crippen LogP contribution >= 0.6 is 11.6 Å². The Labute approximate surface area is 239 Å². The fraction of sp³-hybridized carbons (Fsp3) is 0.571. The van der Waals surface area contributed by atoms with E-state index in [2.05, 4.69) is 20.5 Å². The van der Waals surface area contributed by atoms with E-state index in [-0.39, 0.29) is 6.04 Å². The Morgan fingerprint density at radius 3 is 2.42 bits per heavy atom. The van der Waals surface area contributed by atoms with E-state index in [0.29, 0.717) is 47.9 Å². The molecule has 3 aromatic rings. The summed E-state index contributed by atoms with van der Waals surface area (Å²) >= 11 is 6.14. The smallest absolute Gasteiger partial charge is 0.365 e. The minimum Gasteiger partial charge on any atom is -0.365 e. The first-order valence-corrected chi connectivity index (χ1v) is 14.9. The number of benzene rings is 1. The van der Waals surface area contributed by atoms with Gasteiger partial charge in [-0.1, -0.05) is 36.6 Å². The molecular formula is C28H38ClN9O2. The quantitative estimate of drug-likeness (QED) is 0.299.